The maximum Gasteiger partial charge on any atom is 0.0414 e. The first kappa shape index (κ1) is 12.1. The monoisotopic (exact) mass is 237 g/mol. The van der Waals surface area contributed by atoms with E-state index in [2.05, 4.69) is 36.7 Å². The van der Waals surface area contributed by atoms with Gasteiger partial charge in [0.05, 0.1) is 0 Å². The molecule has 1 aliphatic carbocycles. The summed E-state index contributed by atoms with van der Waals surface area (Å²) in [5.41, 5.74) is 0. The first-order chi connectivity index (χ1) is 7.85. The Bertz CT molecular complexity index is 290. The molecule has 1 heterocycles. The summed E-state index contributed by atoms with van der Waals surface area (Å²) in [4.78, 5) is 1.50. The molecule has 1 saturated carbocycles. The van der Waals surface area contributed by atoms with E-state index in [1.54, 1.807) is 0 Å². The van der Waals surface area contributed by atoms with Gasteiger partial charge < -0.3 is 5.32 Å². The van der Waals surface area contributed by atoms with E-state index >= 15 is 0 Å². The highest BCUT2D eigenvalue weighted by atomic mass is 32.1. The van der Waals surface area contributed by atoms with Crippen LogP contribution in [0.3, 0.4) is 0 Å². The molecule has 0 aromatic carbocycles. The van der Waals surface area contributed by atoms with Crippen molar-refractivity contribution in [2.24, 2.45) is 5.92 Å². The lowest BCUT2D eigenvalue weighted by molar-refractivity contribution is 0.374. The third kappa shape index (κ3) is 3.08. The summed E-state index contributed by atoms with van der Waals surface area (Å²) in [7, 11) is 0. The van der Waals surface area contributed by atoms with Gasteiger partial charge in [-0.05, 0) is 43.0 Å². The van der Waals surface area contributed by atoms with E-state index in [1.165, 1.54) is 37.0 Å². The molecule has 90 valence electrons. The zero-order valence-electron chi connectivity index (χ0n) is 10.4. The van der Waals surface area contributed by atoms with E-state index in [0.717, 1.165) is 12.0 Å². The third-order valence-corrected chi connectivity index (χ3v) is 4.49. The molecule has 0 saturated heterocycles. The van der Waals surface area contributed by atoms with Crippen LogP contribution in [-0.2, 0) is 0 Å². The van der Waals surface area contributed by atoms with Gasteiger partial charge >= 0.3 is 0 Å². The van der Waals surface area contributed by atoms with Gasteiger partial charge in [-0.3, -0.25) is 0 Å². The molecule has 0 spiro atoms. The largest absolute Gasteiger partial charge is 0.306 e. The number of hydrogen-bond acceptors (Lipinski definition) is 2. The standard InChI is InChI=1S/C14H23NS/c1-3-6-13(11-8-9-11)15-12(4-2)14-7-5-10-16-14/h5,7,10-13,15H,3-4,6,8-9H2,1-2H3. The van der Waals surface area contributed by atoms with E-state index in [4.69, 9.17) is 0 Å². The van der Waals surface area contributed by atoms with Crippen LogP contribution in [0.4, 0.5) is 0 Å². The highest BCUT2D eigenvalue weighted by molar-refractivity contribution is 7.10. The van der Waals surface area contributed by atoms with Crippen LogP contribution in [0.5, 0.6) is 0 Å². The summed E-state index contributed by atoms with van der Waals surface area (Å²) in [6.45, 7) is 4.58. The molecule has 2 heteroatoms. The highest BCUT2D eigenvalue weighted by Crippen LogP contribution is 2.36. The van der Waals surface area contributed by atoms with Crippen LogP contribution in [0.2, 0.25) is 0 Å². The molecule has 0 amide bonds. The average molecular weight is 237 g/mol. The normalized spacial score (nSPS) is 19.6. The van der Waals surface area contributed by atoms with E-state index in [-0.39, 0.29) is 0 Å². The molecule has 16 heavy (non-hydrogen) atoms. The lowest BCUT2D eigenvalue weighted by atomic mass is 10.0. The van der Waals surface area contributed by atoms with Crippen molar-refractivity contribution >= 4 is 11.3 Å². The summed E-state index contributed by atoms with van der Waals surface area (Å²) in [5.74, 6) is 0.967. The van der Waals surface area contributed by atoms with Crippen LogP contribution < -0.4 is 5.32 Å². The van der Waals surface area contributed by atoms with Crippen molar-refractivity contribution in [3.63, 3.8) is 0 Å². The van der Waals surface area contributed by atoms with Crippen molar-refractivity contribution < 1.29 is 0 Å². The Morgan fingerprint density at radius 1 is 1.44 bits per heavy atom. The smallest absolute Gasteiger partial charge is 0.0414 e. The van der Waals surface area contributed by atoms with Crippen LogP contribution in [-0.4, -0.2) is 6.04 Å². The predicted molar refractivity (Wildman–Crippen MR) is 71.9 cm³/mol. The average Bonchev–Trinajstić information content (AvgIpc) is 3.00. The Morgan fingerprint density at radius 3 is 2.75 bits per heavy atom. The zero-order chi connectivity index (χ0) is 11.4. The molecule has 0 bridgehead atoms. The summed E-state index contributed by atoms with van der Waals surface area (Å²) in [5, 5.41) is 6.07. The van der Waals surface area contributed by atoms with Gasteiger partial charge in [0.15, 0.2) is 0 Å². The fourth-order valence-corrected chi connectivity index (χ4v) is 3.28. The van der Waals surface area contributed by atoms with Crippen LogP contribution >= 0.6 is 11.3 Å². The van der Waals surface area contributed by atoms with Gasteiger partial charge in [0.2, 0.25) is 0 Å². The highest BCUT2D eigenvalue weighted by Gasteiger charge is 2.31. The molecule has 1 fully saturated rings. The van der Waals surface area contributed by atoms with Crippen molar-refractivity contribution in [1.29, 1.82) is 0 Å². The molecule has 0 radical (unpaired) electrons. The number of hydrogen-bond donors (Lipinski definition) is 1. The molecule has 2 atom stereocenters. The first-order valence-corrected chi connectivity index (χ1v) is 7.52. The Balaban J connectivity index is 1.93. The zero-order valence-corrected chi connectivity index (χ0v) is 11.2. The fourth-order valence-electron chi connectivity index (χ4n) is 2.41. The topological polar surface area (TPSA) is 12.0 Å². The second kappa shape index (κ2) is 5.83. The minimum absolute atomic E-state index is 0.581. The van der Waals surface area contributed by atoms with Crippen molar-refractivity contribution in [2.75, 3.05) is 0 Å². The minimum atomic E-state index is 0.581. The lowest BCUT2D eigenvalue weighted by Crippen LogP contribution is -2.33. The van der Waals surface area contributed by atoms with Crippen LogP contribution in [0, 0.1) is 5.92 Å². The van der Waals surface area contributed by atoms with Crippen molar-refractivity contribution in [3.8, 4) is 0 Å². The molecule has 1 aromatic heterocycles. The number of nitrogens with one attached hydrogen (secondary N) is 1. The Labute approximate surface area is 103 Å². The molecule has 1 N–H and O–H groups in total. The van der Waals surface area contributed by atoms with Crippen LogP contribution in [0.15, 0.2) is 17.5 Å². The number of thiophene rings is 1. The van der Waals surface area contributed by atoms with Crippen LogP contribution in [0.25, 0.3) is 0 Å². The summed E-state index contributed by atoms with van der Waals surface area (Å²) in [6.07, 6.45) is 6.73. The summed E-state index contributed by atoms with van der Waals surface area (Å²) < 4.78 is 0. The van der Waals surface area contributed by atoms with Crippen molar-refractivity contribution in [3.05, 3.63) is 22.4 Å². The second-order valence-corrected chi connectivity index (χ2v) is 5.85. The maximum absolute atomic E-state index is 3.88. The quantitative estimate of drug-likeness (QED) is 0.742. The molecular weight excluding hydrogens is 214 g/mol. The number of rotatable bonds is 7. The van der Waals surface area contributed by atoms with Gasteiger partial charge in [0.25, 0.3) is 0 Å². The molecule has 0 aliphatic heterocycles. The van der Waals surface area contributed by atoms with Crippen LogP contribution in [0.1, 0.15) is 56.9 Å². The molecule has 1 nitrogen and oxygen atoms in total. The van der Waals surface area contributed by atoms with Crippen molar-refractivity contribution in [1.82, 2.24) is 5.32 Å². The predicted octanol–water partition coefficient (Wildman–Crippen LogP) is 4.37. The van der Waals surface area contributed by atoms with E-state index in [0.29, 0.717) is 6.04 Å². The molecule has 2 unspecified atom stereocenters. The molecular formula is C14H23NS. The van der Waals surface area contributed by atoms with Gasteiger partial charge in [-0.1, -0.05) is 26.3 Å². The molecule has 1 aromatic rings. The summed E-state index contributed by atoms with van der Waals surface area (Å²) >= 11 is 1.89. The van der Waals surface area contributed by atoms with E-state index in [9.17, 15) is 0 Å². The Morgan fingerprint density at radius 2 is 2.25 bits per heavy atom. The fraction of sp³-hybridized carbons (Fsp3) is 0.714. The third-order valence-electron chi connectivity index (χ3n) is 3.50. The lowest BCUT2D eigenvalue weighted by Gasteiger charge is -2.24. The van der Waals surface area contributed by atoms with Crippen molar-refractivity contribution in [2.45, 2.75) is 58.0 Å². The van der Waals surface area contributed by atoms with Gasteiger partial charge in [-0.15, -0.1) is 11.3 Å². The SMILES string of the molecule is CCCC(NC(CC)c1cccs1)C1CC1. The minimum Gasteiger partial charge on any atom is -0.306 e. The molecule has 2 rings (SSSR count). The Kier molecular flexibility index (Phi) is 4.42. The van der Waals surface area contributed by atoms with Gasteiger partial charge in [-0.2, -0.15) is 0 Å². The van der Waals surface area contributed by atoms with Gasteiger partial charge in [-0.25, -0.2) is 0 Å². The van der Waals surface area contributed by atoms with E-state index < -0.39 is 0 Å². The maximum atomic E-state index is 3.88. The second-order valence-electron chi connectivity index (χ2n) is 4.88. The van der Waals surface area contributed by atoms with E-state index in [1.807, 2.05) is 11.3 Å². The Hall–Kier alpha value is -0.340. The summed E-state index contributed by atoms with van der Waals surface area (Å²) in [6, 6.07) is 5.77. The van der Waals surface area contributed by atoms with Gasteiger partial charge in [0, 0.05) is 17.0 Å². The first-order valence-electron chi connectivity index (χ1n) is 6.64. The molecule has 1 aliphatic rings. The van der Waals surface area contributed by atoms with Gasteiger partial charge in [0.1, 0.15) is 0 Å².